The molecule has 0 saturated carbocycles. The number of aromatic nitrogens is 1. The monoisotopic (exact) mass is 670 g/mol. The molecule has 4 aromatic rings. The van der Waals surface area contributed by atoms with Crippen molar-refractivity contribution in [3.05, 3.63) is 113 Å². The molecule has 264 valence electrons. The normalized spacial score (nSPS) is 15.6. The van der Waals surface area contributed by atoms with Crippen molar-refractivity contribution < 1.29 is 4.74 Å². The lowest BCUT2D eigenvalue weighted by atomic mass is 9.65. The minimum Gasteiger partial charge on any atom is -0.457 e. The molecular formula is C45H58N4O. The number of pyridine rings is 1. The first-order chi connectivity index (χ1) is 23.7. The van der Waals surface area contributed by atoms with Gasteiger partial charge in [-0.1, -0.05) is 105 Å². The van der Waals surface area contributed by atoms with Gasteiger partial charge in [0, 0.05) is 48.4 Å². The van der Waals surface area contributed by atoms with Crippen molar-refractivity contribution in [2.24, 2.45) is 0 Å². The summed E-state index contributed by atoms with van der Waals surface area (Å²) in [6.07, 6.45) is 11.1. The predicted molar refractivity (Wildman–Crippen MR) is 212 cm³/mol. The van der Waals surface area contributed by atoms with E-state index in [1.165, 1.54) is 65.0 Å². The quantitative estimate of drug-likeness (QED) is 0.168. The molecule has 0 fully saturated rings. The van der Waals surface area contributed by atoms with E-state index in [0.29, 0.717) is 0 Å². The van der Waals surface area contributed by atoms with Gasteiger partial charge in [0.15, 0.2) is 0 Å². The first-order valence-electron chi connectivity index (χ1n) is 18.8. The molecule has 5 nitrogen and oxygen atoms in total. The Hall–Kier alpha value is -4.25. The highest BCUT2D eigenvalue weighted by atomic mass is 16.5. The number of hydrogen-bond acceptors (Lipinski definition) is 5. The smallest absolute Gasteiger partial charge is 0.137 e. The average Bonchev–Trinajstić information content (AvgIpc) is 3.42. The van der Waals surface area contributed by atoms with Gasteiger partial charge in [0.05, 0.1) is 18.0 Å². The lowest BCUT2D eigenvalue weighted by Gasteiger charge is -2.46. The van der Waals surface area contributed by atoms with Crippen LogP contribution in [0.4, 0.5) is 22.9 Å². The third-order valence-electron chi connectivity index (χ3n) is 10.6. The Bertz CT molecular complexity index is 1850. The van der Waals surface area contributed by atoms with E-state index in [1.807, 2.05) is 6.20 Å². The summed E-state index contributed by atoms with van der Waals surface area (Å²) in [6.45, 7) is 21.3. The zero-order chi connectivity index (χ0) is 35.8. The van der Waals surface area contributed by atoms with Crippen LogP contribution < -0.4 is 14.5 Å². The minimum absolute atomic E-state index is 0.000261. The molecule has 0 unspecified atom stereocenters. The van der Waals surface area contributed by atoms with Gasteiger partial charge >= 0.3 is 0 Å². The van der Waals surface area contributed by atoms with E-state index >= 15 is 0 Å². The average molecular weight is 671 g/mol. The molecule has 50 heavy (non-hydrogen) atoms. The summed E-state index contributed by atoms with van der Waals surface area (Å²) in [5, 5.41) is 0. The number of allylic oxidation sites excluding steroid dienone is 1. The fraction of sp³-hybridized carbons (Fsp3) is 0.444. The van der Waals surface area contributed by atoms with Crippen LogP contribution in [0.25, 0.3) is 0 Å². The van der Waals surface area contributed by atoms with E-state index in [0.717, 1.165) is 42.5 Å². The lowest BCUT2D eigenvalue weighted by Crippen LogP contribution is -2.36. The third-order valence-corrected chi connectivity index (χ3v) is 10.6. The van der Waals surface area contributed by atoms with E-state index in [-0.39, 0.29) is 16.2 Å². The van der Waals surface area contributed by atoms with Crippen molar-refractivity contribution in [2.45, 2.75) is 117 Å². The van der Waals surface area contributed by atoms with Gasteiger partial charge < -0.3 is 14.5 Å². The van der Waals surface area contributed by atoms with Crippen molar-refractivity contribution in [1.29, 1.82) is 0 Å². The number of rotatable bonds is 10. The maximum Gasteiger partial charge on any atom is 0.137 e. The van der Waals surface area contributed by atoms with Gasteiger partial charge in [-0.3, -0.25) is 4.90 Å². The first kappa shape index (κ1) is 35.6. The second-order valence-electron chi connectivity index (χ2n) is 16.6. The first-order valence-corrected chi connectivity index (χ1v) is 18.8. The van der Waals surface area contributed by atoms with Crippen LogP contribution in [0, 0.1) is 0 Å². The summed E-state index contributed by atoms with van der Waals surface area (Å²) >= 11 is 0. The molecule has 0 saturated heterocycles. The molecule has 0 spiro atoms. The highest BCUT2D eigenvalue weighted by Gasteiger charge is 2.43. The Kier molecular flexibility index (Phi) is 9.83. The molecular weight excluding hydrogens is 613 g/mol. The second-order valence-corrected chi connectivity index (χ2v) is 16.6. The number of nitrogens with zero attached hydrogens (tertiary/aromatic N) is 4. The summed E-state index contributed by atoms with van der Waals surface area (Å²) in [5.74, 6) is 2.64. The van der Waals surface area contributed by atoms with Crippen LogP contribution in [0.2, 0.25) is 0 Å². The molecule has 0 N–H and O–H groups in total. The van der Waals surface area contributed by atoms with Crippen LogP contribution in [0.1, 0.15) is 123 Å². The zero-order valence-electron chi connectivity index (χ0n) is 32.2. The Morgan fingerprint density at radius 3 is 2.06 bits per heavy atom. The molecule has 2 aliphatic heterocycles. The molecule has 1 aromatic heterocycles. The van der Waals surface area contributed by atoms with Crippen molar-refractivity contribution in [3.63, 3.8) is 0 Å². The van der Waals surface area contributed by atoms with Gasteiger partial charge in [-0.2, -0.15) is 0 Å². The number of benzene rings is 3. The standard InChI is InChI=1S/C45H58N4O/c1-11-13-22-45(23-14-12-2)38-17-15-16-18-40(38)49(42-27-33(21-24-46-42)43(4,5)6)41-29-36(19-20-39(41)45)50-37-26-34(44(7,8)9)25-35(28-37)48-31-47(10)30-32(48)3/h15-21,24-30H,11-14,22-23,31H2,1-10H3. The summed E-state index contributed by atoms with van der Waals surface area (Å²) in [4.78, 5) is 12.0. The maximum atomic E-state index is 6.92. The Morgan fingerprint density at radius 2 is 1.42 bits per heavy atom. The Labute approximate surface area is 302 Å². The van der Waals surface area contributed by atoms with E-state index in [1.54, 1.807) is 0 Å². The largest absolute Gasteiger partial charge is 0.457 e. The third kappa shape index (κ3) is 6.89. The van der Waals surface area contributed by atoms with Crippen LogP contribution in [-0.2, 0) is 16.2 Å². The maximum absolute atomic E-state index is 6.92. The summed E-state index contributed by atoms with van der Waals surface area (Å²) in [6, 6.07) is 27.1. The highest BCUT2D eigenvalue weighted by molar-refractivity contribution is 5.85. The molecule has 5 heteroatoms. The van der Waals surface area contributed by atoms with Gasteiger partial charge in [-0.25, -0.2) is 4.98 Å². The second kappa shape index (κ2) is 13.8. The topological polar surface area (TPSA) is 31.8 Å². The SMILES string of the molecule is CCCCC1(CCCC)c2ccccc2N(c2cc(C(C)(C)C)ccn2)c2cc(Oc3cc(N4CN(C)C=C4C)cc(C(C)(C)C)c3)ccc21. The molecule has 2 aliphatic rings. The fourth-order valence-electron chi connectivity index (χ4n) is 7.80. The minimum atomic E-state index is -0.0838. The Balaban J connectivity index is 1.53. The van der Waals surface area contributed by atoms with E-state index in [9.17, 15) is 0 Å². The number of ether oxygens (including phenoxy) is 1. The van der Waals surface area contributed by atoms with Crippen molar-refractivity contribution >= 4 is 22.9 Å². The highest BCUT2D eigenvalue weighted by Crippen LogP contribution is 2.56. The fourth-order valence-corrected chi connectivity index (χ4v) is 7.80. The number of hydrogen-bond donors (Lipinski definition) is 0. The molecule has 0 atom stereocenters. The summed E-state index contributed by atoms with van der Waals surface area (Å²) in [5.41, 5.74) is 9.96. The van der Waals surface area contributed by atoms with Gasteiger partial charge in [0.25, 0.3) is 0 Å². The van der Waals surface area contributed by atoms with Gasteiger partial charge in [-0.05, 0) is 89.2 Å². The van der Waals surface area contributed by atoms with E-state index < -0.39 is 0 Å². The number of fused-ring (bicyclic) bond motifs is 2. The molecule has 0 amide bonds. The lowest BCUT2D eigenvalue weighted by molar-refractivity contribution is 0.402. The molecule has 3 aromatic carbocycles. The van der Waals surface area contributed by atoms with Crippen LogP contribution in [0.3, 0.4) is 0 Å². The Morgan fingerprint density at radius 1 is 0.740 bits per heavy atom. The molecule has 3 heterocycles. The van der Waals surface area contributed by atoms with Crippen molar-refractivity contribution in [1.82, 2.24) is 9.88 Å². The number of unbranched alkanes of at least 4 members (excludes halogenated alkanes) is 2. The molecule has 0 aliphatic carbocycles. The van der Waals surface area contributed by atoms with Crippen LogP contribution in [0.5, 0.6) is 11.5 Å². The number of anilines is 4. The van der Waals surface area contributed by atoms with Gasteiger partial charge in [0.2, 0.25) is 0 Å². The molecule has 6 rings (SSSR count). The predicted octanol–water partition coefficient (Wildman–Crippen LogP) is 12.5. The zero-order valence-corrected chi connectivity index (χ0v) is 32.2. The van der Waals surface area contributed by atoms with Crippen molar-refractivity contribution in [2.75, 3.05) is 23.5 Å². The van der Waals surface area contributed by atoms with Crippen LogP contribution in [-0.4, -0.2) is 23.6 Å². The number of para-hydroxylation sites is 1. The van der Waals surface area contributed by atoms with Crippen LogP contribution in [0.15, 0.2) is 90.9 Å². The molecule has 0 radical (unpaired) electrons. The van der Waals surface area contributed by atoms with Crippen LogP contribution >= 0.6 is 0 Å². The van der Waals surface area contributed by atoms with Crippen molar-refractivity contribution in [3.8, 4) is 11.5 Å². The van der Waals surface area contributed by atoms with E-state index in [4.69, 9.17) is 9.72 Å². The molecule has 0 bridgehead atoms. The van der Waals surface area contributed by atoms with E-state index in [2.05, 4.69) is 163 Å². The summed E-state index contributed by atoms with van der Waals surface area (Å²) in [7, 11) is 2.12. The van der Waals surface area contributed by atoms with Gasteiger partial charge in [-0.15, -0.1) is 0 Å². The summed E-state index contributed by atoms with van der Waals surface area (Å²) < 4.78 is 6.92. The van der Waals surface area contributed by atoms with Gasteiger partial charge in [0.1, 0.15) is 17.3 Å².